The fourth-order valence-electron chi connectivity index (χ4n) is 8.14. The Hall–Kier alpha value is -5.11. The van der Waals surface area contributed by atoms with Gasteiger partial charge < -0.3 is 43.2 Å². The fourth-order valence-corrected chi connectivity index (χ4v) is 8.75. The number of halogens is 5. The maximum atomic E-state index is 14.2. The molecule has 1 aromatic rings. The van der Waals surface area contributed by atoms with Gasteiger partial charge >= 0.3 is 12.1 Å². The highest BCUT2D eigenvalue weighted by molar-refractivity contribution is 6.32. The van der Waals surface area contributed by atoms with Crippen molar-refractivity contribution in [2.45, 2.75) is 80.4 Å². The summed E-state index contributed by atoms with van der Waals surface area (Å²) in [4.78, 5) is 63.4. The van der Waals surface area contributed by atoms with E-state index in [2.05, 4.69) is 58.0 Å². The van der Waals surface area contributed by atoms with Crippen LogP contribution in [0.25, 0.3) is 0 Å². The van der Waals surface area contributed by atoms with Gasteiger partial charge in [-0.2, -0.15) is 34.2 Å². The largest absolute Gasteiger partial charge is 0.490 e. The normalized spacial score (nSPS) is 23.9. The second kappa shape index (κ2) is 22.6. The predicted octanol–water partition coefficient (Wildman–Crippen LogP) is -2.54. The van der Waals surface area contributed by atoms with Crippen LogP contribution in [0.4, 0.5) is 19.1 Å². The molecule has 1 aromatic heterocycles. The van der Waals surface area contributed by atoms with E-state index in [1.807, 2.05) is 5.01 Å². The summed E-state index contributed by atoms with van der Waals surface area (Å²) in [6.45, 7) is 4.33. The third-order valence-corrected chi connectivity index (χ3v) is 12.2. The van der Waals surface area contributed by atoms with E-state index in [4.69, 9.17) is 71.0 Å². The molecule has 0 aliphatic carbocycles. The Balaban J connectivity index is 0.000000952. The molecule has 2 bridgehead atoms. The second-order valence-electron chi connectivity index (χ2n) is 15.8. The van der Waals surface area contributed by atoms with Crippen LogP contribution in [0, 0.1) is 0 Å². The number of carboxylic acid groups (broad SMARTS) is 1. The van der Waals surface area contributed by atoms with Crippen LogP contribution in [0.15, 0.2) is 33.0 Å². The molecule has 26 nitrogen and oxygen atoms in total. The maximum Gasteiger partial charge on any atom is 0.490 e. The number of aliphatic imine (C=N–C) groups is 2. The van der Waals surface area contributed by atoms with Gasteiger partial charge in [-0.3, -0.25) is 24.6 Å². The number of rotatable bonds is 10. The topological polar surface area (TPSA) is 343 Å². The Kier molecular flexibility index (Phi) is 17.2. The van der Waals surface area contributed by atoms with Crippen molar-refractivity contribution in [2.75, 3.05) is 71.2 Å². The SMILES string of the molecule is CNNNCN1CNNNCN=C2NC(N)=C(C1=O)N(N1CCC(c3nc(C4CCN(N5C(C(N)=O)=C(N)N=C(N)C5Cl)CC4)nc(N4CCCCCC4)n3)CC1)C2Cl.O=C(O)C(F)(F)F. The summed E-state index contributed by atoms with van der Waals surface area (Å²) in [5.41, 5.74) is 40.2. The van der Waals surface area contributed by atoms with E-state index in [1.165, 1.54) is 17.7 Å². The molecule has 0 spiro atoms. The first-order valence-electron chi connectivity index (χ1n) is 21.3. The molecule has 2 amide bonds. The molecule has 7 aliphatic heterocycles. The van der Waals surface area contributed by atoms with E-state index < -0.39 is 29.1 Å². The lowest BCUT2D eigenvalue weighted by atomic mass is 9.94. The zero-order chi connectivity index (χ0) is 47.7. The lowest BCUT2D eigenvalue weighted by Crippen LogP contribution is -2.63. The molecule has 66 heavy (non-hydrogen) atoms. The van der Waals surface area contributed by atoms with Gasteiger partial charge in [0.2, 0.25) is 5.95 Å². The number of carbonyl (C=O) groups is 3. The van der Waals surface area contributed by atoms with Crippen LogP contribution in [0.2, 0.25) is 0 Å². The smallest absolute Gasteiger partial charge is 0.475 e. The summed E-state index contributed by atoms with van der Waals surface area (Å²) in [6.07, 6.45) is 2.14. The maximum absolute atomic E-state index is 14.2. The van der Waals surface area contributed by atoms with Crippen LogP contribution >= 0.6 is 23.2 Å². The molecule has 2 atom stereocenters. The lowest BCUT2D eigenvalue weighted by Gasteiger charge is -2.46. The summed E-state index contributed by atoms with van der Waals surface area (Å²) in [7, 11) is 1.71. The van der Waals surface area contributed by atoms with Crippen LogP contribution in [0.3, 0.4) is 0 Å². The first-order valence-corrected chi connectivity index (χ1v) is 22.1. The number of fused-ring (bicyclic) bond motifs is 9. The lowest BCUT2D eigenvalue weighted by molar-refractivity contribution is -0.192. The van der Waals surface area contributed by atoms with Gasteiger partial charge in [0.1, 0.15) is 35.8 Å². The van der Waals surface area contributed by atoms with Gasteiger partial charge in [0.05, 0.1) is 13.3 Å². The second-order valence-corrected chi connectivity index (χ2v) is 16.6. The number of anilines is 1. The Bertz CT molecular complexity index is 2020. The number of hydrazine groups is 6. The number of aromatic nitrogens is 3. The Labute approximate surface area is 387 Å². The number of nitrogens with zero attached hydrogens (tertiary/aromatic N) is 11. The first-order chi connectivity index (χ1) is 31.5. The standard InChI is InChI=1S/C33H56Cl2N22O2.C2HF3O2/c1-40-50-43-17-53-18-44-51-42-16-41-31-24(35)57(22(32(53)59)26(37)46-31)55-14-8-20(9-15-55)30-47-29(48-33(49-30)52-10-4-2-3-5-11-52)19-6-12-54(13-7-19)56-21(28(39)58)25(36)45-27(38)23(56)34;3-2(4,5)1(6)7/h19-20,23-24,40,42-44,50-51H,2-18,36-37H2,1H3,(H2,38,45)(H2,39,58)(H,41,46);(H,6,7). The number of nitrogens with one attached hydrogen (secondary N) is 7. The Morgan fingerprint density at radius 3 is 1.98 bits per heavy atom. The number of carboxylic acids is 1. The Morgan fingerprint density at radius 1 is 0.864 bits per heavy atom. The number of primary amides is 1. The quantitative estimate of drug-likeness (QED) is 0.0498. The van der Waals surface area contributed by atoms with Crippen molar-refractivity contribution in [1.82, 2.24) is 78.0 Å². The molecule has 0 saturated carbocycles. The third kappa shape index (κ3) is 12.1. The number of nitrogens with two attached hydrogens (primary N) is 4. The number of hydrogen-bond acceptors (Lipinski definition) is 23. The average Bonchev–Trinajstić information content (AvgIpc) is 3.58. The van der Waals surface area contributed by atoms with Crippen LogP contribution < -0.4 is 65.9 Å². The summed E-state index contributed by atoms with van der Waals surface area (Å²) < 4.78 is 31.7. The van der Waals surface area contributed by atoms with Gasteiger partial charge in [0.25, 0.3) is 11.8 Å². The molecule has 3 fully saturated rings. The zero-order valence-electron chi connectivity index (χ0n) is 36.1. The molecule has 8 heterocycles. The van der Waals surface area contributed by atoms with Crippen molar-refractivity contribution < 1.29 is 32.7 Å². The molecule has 7 aliphatic rings. The highest BCUT2D eigenvalue weighted by atomic mass is 35.5. The van der Waals surface area contributed by atoms with Crippen molar-refractivity contribution in [1.29, 1.82) is 0 Å². The molecule has 0 radical (unpaired) electrons. The molecular formula is C35H57Cl2F3N22O4. The van der Waals surface area contributed by atoms with Crippen molar-refractivity contribution in [3.05, 3.63) is 34.7 Å². The van der Waals surface area contributed by atoms with Crippen LogP contribution in [-0.2, 0) is 14.4 Å². The summed E-state index contributed by atoms with van der Waals surface area (Å²) in [5.74, 6) is -1.05. The third-order valence-electron chi connectivity index (χ3n) is 11.4. The van der Waals surface area contributed by atoms with E-state index in [-0.39, 0.29) is 66.6 Å². The van der Waals surface area contributed by atoms with Crippen molar-refractivity contribution in [3.63, 3.8) is 0 Å². The number of carbonyl (C=O) groups excluding carboxylic acids is 2. The van der Waals surface area contributed by atoms with Crippen molar-refractivity contribution >= 4 is 58.6 Å². The summed E-state index contributed by atoms with van der Waals surface area (Å²) >= 11 is 13.8. The summed E-state index contributed by atoms with van der Waals surface area (Å²) in [6, 6.07) is 0. The van der Waals surface area contributed by atoms with E-state index in [9.17, 15) is 22.8 Å². The fraction of sp³-hybridized carbons (Fsp3) is 0.657. The minimum atomic E-state index is -5.08. The van der Waals surface area contributed by atoms with E-state index in [1.54, 1.807) is 17.1 Å². The molecule has 3 saturated heterocycles. The molecule has 8 rings (SSSR count). The number of piperidine rings is 2. The van der Waals surface area contributed by atoms with E-state index in [0.717, 1.165) is 37.6 Å². The molecule has 2 unspecified atom stereocenters. The van der Waals surface area contributed by atoms with Gasteiger partial charge in [-0.15, -0.1) is 0 Å². The zero-order valence-corrected chi connectivity index (χ0v) is 37.6. The molecular weight excluding hydrogens is 920 g/mol. The average molecular weight is 978 g/mol. The van der Waals surface area contributed by atoms with Crippen LogP contribution in [-0.4, -0.2) is 158 Å². The van der Waals surface area contributed by atoms with Crippen molar-refractivity contribution in [2.24, 2.45) is 32.9 Å². The van der Waals surface area contributed by atoms with E-state index in [0.29, 0.717) is 63.6 Å². The van der Waals surface area contributed by atoms with Gasteiger partial charge in [-0.05, 0) is 45.6 Å². The van der Waals surface area contributed by atoms with Gasteiger partial charge in [0, 0.05) is 51.1 Å². The van der Waals surface area contributed by atoms with Gasteiger partial charge in [-0.25, -0.2) is 46.5 Å². The molecule has 0 aromatic carbocycles. The number of amides is 2. The molecule has 31 heteroatoms. The minimum absolute atomic E-state index is 0.0152. The Morgan fingerprint density at radius 2 is 1.44 bits per heavy atom. The molecule has 16 N–H and O–H groups in total. The highest BCUT2D eigenvalue weighted by Crippen LogP contribution is 2.35. The van der Waals surface area contributed by atoms with Gasteiger partial charge in [0.15, 0.2) is 28.2 Å². The first kappa shape index (κ1) is 50.3. The molecule has 366 valence electrons. The number of aliphatic carboxylic acids is 1. The van der Waals surface area contributed by atoms with E-state index >= 15 is 0 Å². The number of amidine groups is 2. The summed E-state index contributed by atoms with van der Waals surface area (Å²) in [5, 5.41) is 17.5. The van der Waals surface area contributed by atoms with Crippen LogP contribution in [0.1, 0.15) is 74.9 Å². The minimum Gasteiger partial charge on any atom is -0.475 e. The highest BCUT2D eigenvalue weighted by Gasteiger charge is 2.43. The van der Waals surface area contributed by atoms with Crippen molar-refractivity contribution in [3.8, 4) is 0 Å². The number of alkyl halides is 5. The number of hydrogen-bond donors (Lipinski definition) is 12. The van der Waals surface area contributed by atoms with Gasteiger partial charge in [-0.1, -0.05) is 36.0 Å². The van der Waals surface area contributed by atoms with Crippen LogP contribution in [0.5, 0.6) is 0 Å². The predicted molar refractivity (Wildman–Crippen MR) is 234 cm³/mol. The monoisotopic (exact) mass is 976 g/mol.